The second-order valence-corrected chi connectivity index (χ2v) is 5.21. The van der Waals surface area contributed by atoms with E-state index in [0.717, 1.165) is 5.56 Å². The third-order valence-corrected chi connectivity index (χ3v) is 3.63. The van der Waals surface area contributed by atoms with Crippen LogP contribution in [0.3, 0.4) is 0 Å². The Balaban J connectivity index is 2.45. The molecule has 124 valence electrons. The Morgan fingerprint density at radius 3 is 2.29 bits per heavy atom. The normalized spacial score (nSPS) is 11.6. The molecule has 0 aromatic heterocycles. The minimum Gasteiger partial charge on any atom is -0.465 e. The number of aryl methyl sites for hydroxylation is 1. The Kier molecular flexibility index (Phi) is 5.42. The van der Waals surface area contributed by atoms with Gasteiger partial charge in [0.15, 0.2) is 5.78 Å². The predicted octanol–water partition coefficient (Wildman–Crippen LogP) is 3.43. The van der Waals surface area contributed by atoms with Gasteiger partial charge in [0.25, 0.3) is 5.69 Å². The maximum Gasteiger partial charge on any atom is 0.321 e. The van der Waals surface area contributed by atoms with Crippen LogP contribution in [0.5, 0.6) is 0 Å². The minimum atomic E-state index is -1.15. The second-order valence-electron chi connectivity index (χ2n) is 5.21. The lowest BCUT2D eigenvalue weighted by molar-refractivity contribution is -0.384. The van der Waals surface area contributed by atoms with Crippen LogP contribution in [0.1, 0.15) is 34.3 Å². The third-order valence-electron chi connectivity index (χ3n) is 3.63. The number of nitro benzene ring substituents is 1. The monoisotopic (exact) mass is 327 g/mol. The molecule has 1 atom stereocenters. The molecule has 0 aliphatic heterocycles. The lowest BCUT2D eigenvalue weighted by Crippen LogP contribution is -2.25. The Morgan fingerprint density at radius 1 is 1.12 bits per heavy atom. The Labute approximate surface area is 139 Å². The molecule has 0 aliphatic rings. The smallest absolute Gasteiger partial charge is 0.321 e. The predicted molar refractivity (Wildman–Crippen MR) is 88.0 cm³/mol. The first-order chi connectivity index (χ1) is 11.5. The van der Waals surface area contributed by atoms with Crippen molar-refractivity contribution in [2.75, 3.05) is 6.61 Å². The molecule has 0 aliphatic carbocycles. The van der Waals surface area contributed by atoms with Gasteiger partial charge in [0.05, 0.1) is 11.5 Å². The van der Waals surface area contributed by atoms with E-state index in [2.05, 4.69) is 0 Å². The topological polar surface area (TPSA) is 86.5 Å². The first-order valence-corrected chi connectivity index (χ1v) is 7.46. The molecule has 2 rings (SSSR count). The number of rotatable bonds is 6. The maximum atomic E-state index is 12.9. The molecule has 24 heavy (non-hydrogen) atoms. The molecule has 0 spiro atoms. The molecule has 0 bridgehead atoms. The second kappa shape index (κ2) is 7.50. The van der Waals surface area contributed by atoms with Gasteiger partial charge in [0, 0.05) is 17.7 Å². The van der Waals surface area contributed by atoms with E-state index in [4.69, 9.17) is 4.74 Å². The highest BCUT2D eigenvalue weighted by Gasteiger charge is 2.31. The van der Waals surface area contributed by atoms with Crippen LogP contribution in [0.15, 0.2) is 48.5 Å². The molecule has 2 aromatic rings. The van der Waals surface area contributed by atoms with E-state index in [0.29, 0.717) is 11.1 Å². The van der Waals surface area contributed by atoms with Crippen LogP contribution >= 0.6 is 0 Å². The third kappa shape index (κ3) is 3.65. The number of nitro groups is 1. The largest absolute Gasteiger partial charge is 0.465 e. The molecule has 0 amide bonds. The summed E-state index contributed by atoms with van der Waals surface area (Å²) >= 11 is 0. The lowest BCUT2D eigenvalue weighted by atomic mass is 9.89. The van der Waals surface area contributed by atoms with Crippen molar-refractivity contribution in [2.45, 2.75) is 19.8 Å². The number of nitrogens with zero attached hydrogens (tertiary/aromatic N) is 1. The average molecular weight is 327 g/mol. The van der Waals surface area contributed by atoms with Crippen LogP contribution in [0.25, 0.3) is 0 Å². The number of hydrogen-bond donors (Lipinski definition) is 0. The van der Waals surface area contributed by atoms with E-state index in [-0.39, 0.29) is 18.1 Å². The molecule has 6 nitrogen and oxygen atoms in total. The molecule has 0 heterocycles. The average Bonchev–Trinajstić information content (AvgIpc) is 2.56. The van der Waals surface area contributed by atoms with Gasteiger partial charge >= 0.3 is 5.97 Å². The van der Waals surface area contributed by atoms with Crippen molar-refractivity contribution in [2.24, 2.45) is 0 Å². The zero-order chi connectivity index (χ0) is 17.7. The van der Waals surface area contributed by atoms with Gasteiger partial charge in [-0.05, 0) is 25.0 Å². The number of carbonyl (C=O) groups is 2. The van der Waals surface area contributed by atoms with Gasteiger partial charge in [0.1, 0.15) is 5.92 Å². The van der Waals surface area contributed by atoms with Crippen LogP contribution in [-0.4, -0.2) is 23.3 Å². The quantitative estimate of drug-likeness (QED) is 0.267. The van der Waals surface area contributed by atoms with E-state index in [1.807, 2.05) is 0 Å². The van der Waals surface area contributed by atoms with Crippen LogP contribution < -0.4 is 0 Å². The fourth-order valence-electron chi connectivity index (χ4n) is 2.41. The Bertz CT molecular complexity index is 767. The summed E-state index contributed by atoms with van der Waals surface area (Å²) in [5, 5.41) is 10.8. The fraction of sp³-hybridized carbons (Fsp3) is 0.222. The van der Waals surface area contributed by atoms with E-state index >= 15 is 0 Å². The molecule has 0 N–H and O–H groups in total. The van der Waals surface area contributed by atoms with E-state index < -0.39 is 16.8 Å². The van der Waals surface area contributed by atoms with Gasteiger partial charge in [-0.1, -0.05) is 36.4 Å². The number of hydrogen-bond acceptors (Lipinski definition) is 5. The van der Waals surface area contributed by atoms with Gasteiger partial charge in [-0.25, -0.2) is 0 Å². The summed E-state index contributed by atoms with van der Waals surface area (Å²) in [6.07, 6.45) is 0. The summed E-state index contributed by atoms with van der Waals surface area (Å²) in [6, 6.07) is 12.3. The van der Waals surface area contributed by atoms with Crippen LogP contribution in [0.4, 0.5) is 5.69 Å². The fourth-order valence-corrected chi connectivity index (χ4v) is 2.41. The van der Waals surface area contributed by atoms with Crippen molar-refractivity contribution >= 4 is 17.4 Å². The highest BCUT2D eigenvalue weighted by atomic mass is 16.6. The Morgan fingerprint density at radius 2 is 1.75 bits per heavy atom. The molecule has 0 saturated heterocycles. The summed E-state index contributed by atoms with van der Waals surface area (Å²) in [5.41, 5.74) is 1.43. The van der Waals surface area contributed by atoms with Gasteiger partial charge in [0.2, 0.25) is 0 Å². The number of benzene rings is 2. The zero-order valence-electron chi connectivity index (χ0n) is 13.4. The van der Waals surface area contributed by atoms with Crippen LogP contribution in [-0.2, 0) is 9.53 Å². The van der Waals surface area contributed by atoms with Crippen molar-refractivity contribution in [3.8, 4) is 0 Å². The SMILES string of the molecule is CCOC(=O)C(C(=O)c1ccccc1C)c1ccc([N+](=O)[O-])cc1. The first kappa shape index (κ1) is 17.3. The summed E-state index contributed by atoms with van der Waals surface area (Å²) in [4.78, 5) is 35.4. The summed E-state index contributed by atoms with van der Waals surface area (Å²) in [7, 11) is 0. The highest BCUT2D eigenvalue weighted by Crippen LogP contribution is 2.26. The highest BCUT2D eigenvalue weighted by molar-refractivity contribution is 6.13. The molecule has 2 aromatic carbocycles. The molecular weight excluding hydrogens is 310 g/mol. The number of carbonyl (C=O) groups excluding carboxylic acids is 2. The first-order valence-electron chi connectivity index (χ1n) is 7.46. The molecular formula is C18H17NO5. The number of non-ortho nitro benzene ring substituents is 1. The van der Waals surface area contributed by atoms with Gasteiger partial charge in [-0.3, -0.25) is 19.7 Å². The van der Waals surface area contributed by atoms with E-state index in [1.54, 1.807) is 38.1 Å². The van der Waals surface area contributed by atoms with Crippen molar-refractivity contribution < 1.29 is 19.2 Å². The number of esters is 1. The maximum absolute atomic E-state index is 12.9. The molecule has 0 fully saturated rings. The standard InChI is InChI=1S/C18H17NO5/c1-3-24-18(21)16(13-8-10-14(11-9-13)19(22)23)17(20)15-7-5-4-6-12(15)2/h4-11,16H,3H2,1-2H3. The number of ether oxygens (including phenoxy) is 1. The molecule has 6 heteroatoms. The van der Waals surface area contributed by atoms with E-state index in [1.165, 1.54) is 24.3 Å². The van der Waals surface area contributed by atoms with Crippen LogP contribution in [0, 0.1) is 17.0 Å². The summed E-state index contributed by atoms with van der Waals surface area (Å²) in [5.74, 6) is -2.20. The van der Waals surface area contributed by atoms with Crippen LogP contribution in [0.2, 0.25) is 0 Å². The van der Waals surface area contributed by atoms with Gasteiger partial charge in [-0.2, -0.15) is 0 Å². The van der Waals surface area contributed by atoms with Crippen molar-refractivity contribution in [1.29, 1.82) is 0 Å². The number of ketones is 1. The summed E-state index contributed by atoms with van der Waals surface area (Å²) < 4.78 is 5.02. The van der Waals surface area contributed by atoms with Crippen molar-refractivity contribution in [3.63, 3.8) is 0 Å². The Hall–Kier alpha value is -3.02. The number of Topliss-reactive ketones (excluding diaryl/α,β-unsaturated/α-hetero) is 1. The van der Waals surface area contributed by atoms with Gasteiger partial charge < -0.3 is 4.74 Å². The van der Waals surface area contributed by atoms with Crippen molar-refractivity contribution in [3.05, 3.63) is 75.3 Å². The van der Waals surface area contributed by atoms with Gasteiger partial charge in [-0.15, -0.1) is 0 Å². The summed E-state index contributed by atoms with van der Waals surface area (Å²) in [6.45, 7) is 3.58. The minimum absolute atomic E-state index is 0.107. The molecule has 1 unspecified atom stereocenters. The molecule has 0 radical (unpaired) electrons. The zero-order valence-corrected chi connectivity index (χ0v) is 13.4. The molecule has 0 saturated carbocycles. The lowest BCUT2D eigenvalue weighted by Gasteiger charge is -2.16. The van der Waals surface area contributed by atoms with E-state index in [9.17, 15) is 19.7 Å². The van der Waals surface area contributed by atoms with Crippen molar-refractivity contribution in [1.82, 2.24) is 0 Å².